The fourth-order valence-electron chi connectivity index (χ4n) is 2.02. The smallest absolute Gasteiger partial charge is 0.316 e. The van der Waals surface area contributed by atoms with Gasteiger partial charge in [-0.3, -0.25) is 9.59 Å². The van der Waals surface area contributed by atoms with E-state index in [-0.39, 0.29) is 24.3 Å². The summed E-state index contributed by atoms with van der Waals surface area (Å²) in [7, 11) is 0. The first-order valence-corrected chi connectivity index (χ1v) is 9.27. The van der Waals surface area contributed by atoms with Crippen LogP contribution in [-0.2, 0) is 14.3 Å². The van der Waals surface area contributed by atoms with Crippen molar-refractivity contribution in [2.75, 3.05) is 12.4 Å². The number of rotatable bonds is 7. The summed E-state index contributed by atoms with van der Waals surface area (Å²) < 4.78 is 4.98. The highest BCUT2D eigenvalue weighted by Crippen LogP contribution is 2.29. The SMILES string of the molecule is CC(NC(=O)COC(=O)CSc1cc(Cl)ccc1Cl)c1ccccc1. The Balaban J connectivity index is 1.74. The number of carbonyl (C=O) groups is 2. The molecule has 0 fully saturated rings. The van der Waals surface area contributed by atoms with E-state index in [0.29, 0.717) is 14.9 Å². The highest BCUT2D eigenvalue weighted by atomic mass is 35.5. The van der Waals surface area contributed by atoms with Crippen LogP contribution in [0.25, 0.3) is 0 Å². The lowest BCUT2D eigenvalue weighted by Crippen LogP contribution is -2.31. The first-order valence-electron chi connectivity index (χ1n) is 7.53. The topological polar surface area (TPSA) is 55.4 Å². The first-order chi connectivity index (χ1) is 12.0. The third kappa shape index (κ3) is 6.61. The van der Waals surface area contributed by atoms with Gasteiger partial charge in [0.15, 0.2) is 6.61 Å². The summed E-state index contributed by atoms with van der Waals surface area (Å²) in [6.07, 6.45) is 0. The molecule has 1 atom stereocenters. The number of carbonyl (C=O) groups excluding carboxylic acids is 2. The van der Waals surface area contributed by atoms with Crippen LogP contribution in [-0.4, -0.2) is 24.2 Å². The van der Waals surface area contributed by atoms with Gasteiger partial charge in [0.25, 0.3) is 5.91 Å². The molecule has 2 aromatic rings. The highest BCUT2D eigenvalue weighted by Gasteiger charge is 2.12. The van der Waals surface area contributed by atoms with E-state index in [0.717, 1.165) is 5.56 Å². The average Bonchev–Trinajstić information content (AvgIpc) is 2.61. The molecule has 0 saturated heterocycles. The van der Waals surface area contributed by atoms with E-state index in [1.807, 2.05) is 37.3 Å². The molecule has 2 aromatic carbocycles. The summed E-state index contributed by atoms with van der Waals surface area (Å²) in [6, 6.07) is 14.4. The van der Waals surface area contributed by atoms with Gasteiger partial charge in [0.1, 0.15) is 0 Å². The zero-order valence-electron chi connectivity index (χ0n) is 13.5. The Kier molecular flexibility index (Phi) is 7.62. The van der Waals surface area contributed by atoms with Gasteiger partial charge in [-0.05, 0) is 30.7 Å². The van der Waals surface area contributed by atoms with Crippen molar-refractivity contribution in [1.82, 2.24) is 5.32 Å². The number of thioether (sulfide) groups is 1. The van der Waals surface area contributed by atoms with Crippen molar-refractivity contribution < 1.29 is 14.3 Å². The molecule has 1 amide bonds. The number of benzene rings is 2. The maximum atomic E-state index is 11.9. The fraction of sp³-hybridized carbons (Fsp3) is 0.222. The van der Waals surface area contributed by atoms with Crippen LogP contribution in [0.4, 0.5) is 0 Å². The molecule has 0 aromatic heterocycles. The molecule has 7 heteroatoms. The second-order valence-electron chi connectivity index (χ2n) is 5.22. The fourth-order valence-corrected chi connectivity index (χ4v) is 3.31. The molecule has 0 aliphatic heterocycles. The molecule has 0 aliphatic rings. The summed E-state index contributed by atoms with van der Waals surface area (Å²) in [4.78, 5) is 24.3. The molecule has 4 nitrogen and oxygen atoms in total. The first kappa shape index (κ1) is 19.6. The van der Waals surface area contributed by atoms with Gasteiger partial charge in [-0.25, -0.2) is 0 Å². The number of ether oxygens (including phenoxy) is 1. The molecular weight excluding hydrogens is 381 g/mol. The van der Waals surface area contributed by atoms with Gasteiger partial charge in [0.2, 0.25) is 0 Å². The number of halogens is 2. The monoisotopic (exact) mass is 397 g/mol. The van der Waals surface area contributed by atoms with Crippen molar-refractivity contribution in [3.8, 4) is 0 Å². The summed E-state index contributed by atoms with van der Waals surface area (Å²) in [5, 5.41) is 3.83. The van der Waals surface area contributed by atoms with E-state index >= 15 is 0 Å². The van der Waals surface area contributed by atoms with Crippen molar-refractivity contribution in [2.45, 2.75) is 17.9 Å². The average molecular weight is 398 g/mol. The van der Waals surface area contributed by atoms with E-state index in [4.69, 9.17) is 27.9 Å². The molecule has 0 aliphatic carbocycles. The van der Waals surface area contributed by atoms with Crippen molar-refractivity contribution in [3.63, 3.8) is 0 Å². The number of amides is 1. The lowest BCUT2D eigenvalue weighted by Gasteiger charge is -2.14. The molecular formula is C18H17Cl2NO3S. The quantitative estimate of drug-likeness (QED) is 0.551. The molecule has 1 N–H and O–H groups in total. The van der Waals surface area contributed by atoms with Crippen LogP contribution in [0.15, 0.2) is 53.4 Å². The van der Waals surface area contributed by atoms with E-state index in [9.17, 15) is 9.59 Å². The largest absolute Gasteiger partial charge is 0.455 e. The number of hydrogen-bond donors (Lipinski definition) is 1. The van der Waals surface area contributed by atoms with Gasteiger partial charge in [-0.1, -0.05) is 53.5 Å². The van der Waals surface area contributed by atoms with Gasteiger partial charge < -0.3 is 10.1 Å². The van der Waals surface area contributed by atoms with Crippen molar-refractivity contribution >= 4 is 46.8 Å². The van der Waals surface area contributed by atoms with Crippen LogP contribution >= 0.6 is 35.0 Å². The van der Waals surface area contributed by atoms with Crippen molar-refractivity contribution in [3.05, 3.63) is 64.1 Å². The van der Waals surface area contributed by atoms with Crippen LogP contribution in [0.1, 0.15) is 18.5 Å². The molecule has 1 unspecified atom stereocenters. The molecule has 2 rings (SSSR count). The predicted octanol–water partition coefficient (Wildman–Crippen LogP) is 4.51. The standard InChI is InChI=1S/C18H17Cl2NO3S/c1-12(13-5-3-2-4-6-13)21-17(22)10-24-18(23)11-25-16-9-14(19)7-8-15(16)20/h2-9,12H,10-11H2,1H3,(H,21,22). The number of esters is 1. The number of hydrogen-bond acceptors (Lipinski definition) is 4. The molecule has 0 spiro atoms. The lowest BCUT2D eigenvalue weighted by molar-refractivity contribution is -0.146. The normalized spacial score (nSPS) is 11.6. The summed E-state index contributed by atoms with van der Waals surface area (Å²) in [5.74, 6) is -0.805. The Morgan fingerprint density at radius 3 is 2.60 bits per heavy atom. The highest BCUT2D eigenvalue weighted by molar-refractivity contribution is 8.00. The maximum absolute atomic E-state index is 11.9. The number of nitrogens with one attached hydrogen (secondary N) is 1. The van der Waals surface area contributed by atoms with Gasteiger partial charge in [-0.2, -0.15) is 0 Å². The predicted molar refractivity (Wildman–Crippen MR) is 101 cm³/mol. The third-order valence-electron chi connectivity index (χ3n) is 3.28. The summed E-state index contributed by atoms with van der Waals surface area (Å²) in [6.45, 7) is 1.55. The van der Waals surface area contributed by atoms with Crippen LogP contribution < -0.4 is 5.32 Å². The molecule has 0 bridgehead atoms. The van der Waals surface area contributed by atoms with Crippen LogP contribution in [0.3, 0.4) is 0 Å². The van der Waals surface area contributed by atoms with Crippen molar-refractivity contribution in [2.24, 2.45) is 0 Å². The Morgan fingerprint density at radius 1 is 1.16 bits per heavy atom. The zero-order valence-corrected chi connectivity index (χ0v) is 15.8. The van der Waals surface area contributed by atoms with E-state index in [1.165, 1.54) is 11.8 Å². The van der Waals surface area contributed by atoms with E-state index in [1.54, 1.807) is 18.2 Å². The summed E-state index contributed by atoms with van der Waals surface area (Å²) >= 11 is 13.1. The minimum absolute atomic E-state index is 0.0432. The molecule has 0 heterocycles. The lowest BCUT2D eigenvalue weighted by atomic mass is 10.1. The molecule has 0 radical (unpaired) electrons. The van der Waals surface area contributed by atoms with Crippen molar-refractivity contribution in [1.29, 1.82) is 0 Å². The molecule has 25 heavy (non-hydrogen) atoms. The second kappa shape index (κ2) is 9.70. The Labute approximate surface area is 160 Å². The summed E-state index contributed by atoms with van der Waals surface area (Å²) in [5.41, 5.74) is 0.980. The Bertz CT molecular complexity index is 740. The Hall–Kier alpha value is -1.69. The van der Waals surface area contributed by atoms with E-state index in [2.05, 4.69) is 5.32 Å². The third-order valence-corrected chi connectivity index (χ3v) is 4.99. The van der Waals surface area contributed by atoms with Gasteiger partial charge >= 0.3 is 5.97 Å². The van der Waals surface area contributed by atoms with Gasteiger partial charge in [0.05, 0.1) is 16.8 Å². The minimum Gasteiger partial charge on any atom is -0.455 e. The van der Waals surface area contributed by atoms with E-state index < -0.39 is 5.97 Å². The Morgan fingerprint density at radius 2 is 1.88 bits per heavy atom. The van der Waals surface area contributed by atoms with Crippen LogP contribution in [0.2, 0.25) is 10.0 Å². The zero-order chi connectivity index (χ0) is 18.2. The van der Waals surface area contributed by atoms with Crippen LogP contribution in [0.5, 0.6) is 0 Å². The maximum Gasteiger partial charge on any atom is 0.316 e. The van der Waals surface area contributed by atoms with Gasteiger partial charge in [-0.15, -0.1) is 11.8 Å². The van der Waals surface area contributed by atoms with Gasteiger partial charge in [0, 0.05) is 9.92 Å². The molecule has 0 saturated carbocycles. The van der Waals surface area contributed by atoms with Crippen LogP contribution in [0, 0.1) is 0 Å². The molecule has 132 valence electrons. The minimum atomic E-state index is -0.497. The second-order valence-corrected chi connectivity index (χ2v) is 7.08.